The molecule has 0 radical (unpaired) electrons. The van der Waals surface area contributed by atoms with Crippen molar-refractivity contribution in [3.05, 3.63) is 29.8 Å². The summed E-state index contributed by atoms with van der Waals surface area (Å²) in [5.41, 5.74) is 1.85. The molecule has 3 amide bonds. The fourth-order valence-electron chi connectivity index (χ4n) is 3.19. The Balaban J connectivity index is 1.77. The van der Waals surface area contributed by atoms with Crippen molar-refractivity contribution in [1.82, 2.24) is 9.80 Å². The number of nitrogens with zero attached hydrogens (tertiary/aromatic N) is 2. The van der Waals surface area contributed by atoms with Gasteiger partial charge in [-0.3, -0.25) is 14.5 Å². The van der Waals surface area contributed by atoms with Gasteiger partial charge in [-0.25, -0.2) is 4.79 Å². The number of carbonyl (C=O) groups is 3. The summed E-state index contributed by atoms with van der Waals surface area (Å²) in [5.74, 6) is -0.294. The first-order valence-electron chi connectivity index (χ1n) is 9.81. The molecule has 1 saturated heterocycles. The molecule has 1 aliphatic heterocycles. The molecule has 154 valence electrons. The topological polar surface area (TPSA) is 83.4 Å². The molecule has 8 nitrogen and oxygen atoms in total. The largest absolute Gasteiger partial charge is 0.450 e. The summed E-state index contributed by atoms with van der Waals surface area (Å²) in [6.07, 6.45) is 0.529. The van der Waals surface area contributed by atoms with Gasteiger partial charge in [-0.15, -0.1) is 0 Å². The molecular weight excluding hydrogens is 360 g/mol. The van der Waals surface area contributed by atoms with Gasteiger partial charge < -0.3 is 19.9 Å². The SMILES string of the molecule is CCOC(=O)N1CC[NH+](CC(=O)N(C)CC(=O)Nc2ccccc2CC)CC1. The second-order valence-electron chi connectivity index (χ2n) is 6.92. The number of likely N-dealkylation sites (N-methyl/N-ethyl adjacent to an activating group) is 1. The minimum absolute atomic E-state index is 0.0130. The first-order chi connectivity index (χ1) is 13.4. The molecule has 0 aromatic heterocycles. The third kappa shape index (κ3) is 6.23. The number of hydrogen-bond acceptors (Lipinski definition) is 4. The van der Waals surface area contributed by atoms with Crippen molar-refractivity contribution in [1.29, 1.82) is 0 Å². The number of anilines is 1. The van der Waals surface area contributed by atoms with Crippen LogP contribution < -0.4 is 10.2 Å². The molecule has 0 bridgehead atoms. The lowest BCUT2D eigenvalue weighted by Crippen LogP contribution is -3.15. The molecule has 0 unspecified atom stereocenters. The zero-order valence-electron chi connectivity index (χ0n) is 17.0. The van der Waals surface area contributed by atoms with Gasteiger partial charge in [-0.1, -0.05) is 25.1 Å². The van der Waals surface area contributed by atoms with E-state index < -0.39 is 0 Å². The Morgan fingerprint density at radius 3 is 2.50 bits per heavy atom. The monoisotopic (exact) mass is 391 g/mol. The van der Waals surface area contributed by atoms with Crippen molar-refractivity contribution < 1.29 is 24.0 Å². The van der Waals surface area contributed by atoms with Crippen molar-refractivity contribution in [3.8, 4) is 0 Å². The Kier molecular flexibility index (Phi) is 8.25. The summed E-state index contributed by atoms with van der Waals surface area (Å²) in [4.78, 5) is 40.7. The van der Waals surface area contributed by atoms with E-state index in [-0.39, 0.29) is 24.5 Å². The van der Waals surface area contributed by atoms with E-state index in [1.54, 1.807) is 18.9 Å². The average Bonchev–Trinajstić information content (AvgIpc) is 2.69. The molecule has 1 aliphatic rings. The molecule has 1 aromatic carbocycles. The zero-order valence-corrected chi connectivity index (χ0v) is 17.0. The third-order valence-corrected chi connectivity index (χ3v) is 4.88. The maximum atomic E-state index is 12.5. The first-order valence-corrected chi connectivity index (χ1v) is 9.81. The maximum absolute atomic E-state index is 12.5. The number of rotatable bonds is 7. The lowest BCUT2D eigenvalue weighted by molar-refractivity contribution is -0.896. The Morgan fingerprint density at radius 1 is 1.18 bits per heavy atom. The van der Waals surface area contributed by atoms with Crippen molar-refractivity contribution in [2.75, 3.05) is 58.2 Å². The minimum atomic E-state index is -0.297. The summed E-state index contributed by atoms with van der Waals surface area (Å²) >= 11 is 0. The van der Waals surface area contributed by atoms with Gasteiger partial charge >= 0.3 is 6.09 Å². The molecule has 0 aliphatic carbocycles. The van der Waals surface area contributed by atoms with Crippen LogP contribution in [0.3, 0.4) is 0 Å². The molecule has 0 atom stereocenters. The third-order valence-electron chi connectivity index (χ3n) is 4.88. The fourth-order valence-corrected chi connectivity index (χ4v) is 3.19. The summed E-state index contributed by atoms with van der Waals surface area (Å²) < 4.78 is 5.00. The number of nitrogens with one attached hydrogen (secondary N) is 2. The number of quaternary nitrogens is 1. The second-order valence-corrected chi connectivity index (χ2v) is 6.92. The number of piperazine rings is 1. The van der Waals surface area contributed by atoms with E-state index >= 15 is 0 Å². The number of aryl methyl sites for hydroxylation is 1. The van der Waals surface area contributed by atoms with Gasteiger partial charge in [0, 0.05) is 12.7 Å². The molecule has 2 rings (SSSR count). The normalized spacial score (nSPS) is 14.5. The number of benzene rings is 1. The Morgan fingerprint density at radius 2 is 1.86 bits per heavy atom. The fraction of sp³-hybridized carbons (Fsp3) is 0.550. The molecular formula is C20H31N4O4+. The van der Waals surface area contributed by atoms with Crippen LogP contribution >= 0.6 is 0 Å². The summed E-state index contributed by atoms with van der Waals surface area (Å²) in [6, 6.07) is 7.66. The molecule has 0 spiro atoms. The lowest BCUT2D eigenvalue weighted by atomic mass is 10.1. The second kappa shape index (κ2) is 10.7. The lowest BCUT2D eigenvalue weighted by Gasteiger charge is -2.31. The van der Waals surface area contributed by atoms with Crippen LogP contribution in [-0.4, -0.2) is 80.6 Å². The molecule has 2 N–H and O–H groups in total. The molecule has 1 aromatic rings. The quantitative estimate of drug-likeness (QED) is 0.686. The first kappa shape index (κ1) is 21.7. The van der Waals surface area contributed by atoms with E-state index in [1.165, 1.54) is 4.90 Å². The molecule has 1 heterocycles. The van der Waals surface area contributed by atoms with E-state index in [1.807, 2.05) is 31.2 Å². The highest BCUT2D eigenvalue weighted by molar-refractivity contribution is 5.95. The maximum Gasteiger partial charge on any atom is 0.410 e. The number of ether oxygens (including phenoxy) is 1. The van der Waals surface area contributed by atoms with Crippen LogP contribution in [0, 0.1) is 0 Å². The van der Waals surface area contributed by atoms with Gasteiger partial charge in [0.15, 0.2) is 6.54 Å². The van der Waals surface area contributed by atoms with Crippen molar-refractivity contribution in [2.24, 2.45) is 0 Å². The Labute approximate surface area is 166 Å². The van der Waals surface area contributed by atoms with Crippen LogP contribution in [0.1, 0.15) is 19.4 Å². The standard InChI is InChI=1S/C20H30N4O4/c1-4-16-8-6-7-9-17(16)21-18(25)14-22(3)19(26)15-23-10-12-24(13-11-23)20(27)28-5-2/h6-9H,4-5,10-15H2,1-3H3,(H,21,25)/p+1. The summed E-state index contributed by atoms with van der Waals surface area (Å²) in [5, 5.41) is 2.88. The van der Waals surface area contributed by atoms with E-state index in [4.69, 9.17) is 4.74 Å². The van der Waals surface area contributed by atoms with Crippen LogP contribution in [0.15, 0.2) is 24.3 Å². The van der Waals surface area contributed by atoms with Crippen molar-refractivity contribution >= 4 is 23.6 Å². The van der Waals surface area contributed by atoms with Gasteiger partial charge in [0.1, 0.15) is 0 Å². The van der Waals surface area contributed by atoms with Crippen molar-refractivity contribution in [2.45, 2.75) is 20.3 Å². The highest BCUT2D eigenvalue weighted by Gasteiger charge is 2.27. The van der Waals surface area contributed by atoms with E-state index in [9.17, 15) is 14.4 Å². The highest BCUT2D eigenvalue weighted by Crippen LogP contribution is 2.15. The molecule has 1 fully saturated rings. The van der Waals surface area contributed by atoms with E-state index in [0.717, 1.165) is 22.6 Å². The predicted octanol–water partition coefficient (Wildman–Crippen LogP) is 0.00290. The van der Waals surface area contributed by atoms with Crippen LogP contribution in [0.5, 0.6) is 0 Å². The van der Waals surface area contributed by atoms with E-state index in [2.05, 4.69) is 5.32 Å². The molecule has 8 heteroatoms. The predicted molar refractivity (Wildman–Crippen MR) is 106 cm³/mol. The molecule has 0 saturated carbocycles. The number of amides is 3. The summed E-state index contributed by atoms with van der Waals surface area (Å²) in [7, 11) is 1.64. The minimum Gasteiger partial charge on any atom is -0.450 e. The van der Waals surface area contributed by atoms with Gasteiger partial charge in [0.2, 0.25) is 5.91 Å². The number of carbonyl (C=O) groups excluding carboxylic acids is 3. The summed E-state index contributed by atoms with van der Waals surface area (Å²) in [6.45, 7) is 7.02. The Hall–Kier alpha value is -2.61. The number of hydrogen-bond donors (Lipinski definition) is 2. The molecule has 28 heavy (non-hydrogen) atoms. The zero-order chi connectivity index (χ0) is 20.5. The van der Waals surface area contributed by atoms with E-state index in [0.29, 0.717) is 39.3 Å². The van der Waals surface area contributed by atoms with Crippen LogP contribution in [0.25, 0.3) is 0 Å². The number of para-hydroxylation sites is 1. The van der Waals surface area contributed by atoms with Gasteiger partial charge in [-0.2, -0.15) is 0 Å². The highest BCUT2D eigenvalue weighted by atomic mass is 16.6. The van der Waals surface area contributed by atoms with Crippen molar-refractivity contribution in [3.63, 3.8) is 0 Å². The smallest absolute Gasteiger partial charge is 0.410 e. The Bertz CT molecular complexity index is 687. The average molecular weight is 391 g/mol. The van der Waals surface area contributed by atoms with Crippen LogP contribution in [-0.2, 0) is 20.7 Å². The van der Waals surface area contributed by atoms with Crippen LogP contribution in [0.4, 0.5) is 10.5 Å². The van der Waals surface area contributed by atoms with Gasteiger partial charge in [0.25, 0.3) is 5.91 Å². The van der Waals surface area contributed by atoms with Crippen LogP contribution in [0.2, 0.25) is 0 Å². The van der Waals surface area contributed by atoms with Gasteiger partial charge in [-0.05, 0) is 25.0 Å². The van der Waals surface area contributed by atoms with Gasteiger partial charge in [0.05, 0.1) is 39.3 Å².